The van der Waals surface area contributed by atoms with Crippen LogP contribution in [0.3, 0.4) is 0 Å². The molecule has 1 atom stereocenters. The fraction of sp³-hybridized carbons (Fsp3) is 0.625. The maximum Gasteiger partial charge on any atom is 0.161 e. The fourth-order valence-electron chi connectivity index (χ4n) is 2.16. The lowest BCUT2D eigenvalue weighted by molar-refractivity contribution is 0.0610. The molecule has 0 fully saturated rings. The Morgan fingerprint density at radius 2 is 1.95 bits per heavy atom. The third-order valence-electron chi connectivity index (χ3n) is 3.21. The molecule has 1 aromatic rings. The van der Waals surface area contributed by atoms with Gasteiger partial charge in [-0.3, -0.25) is 0 Å². The van der Waals surface area contributed by atoms with Gasteiger partial charge in [-0.2, -0.15) is 0 Å². The second-order valence-corrected chi connectivity index (χ2v) is 5.29. The highest BCUT2D eigenvalue weighted by atomic mass is 16.6. The first kappa shape index (κ1) is 15.1. The molecule has 1 aliphatic rings. The number of benzene rings is 1. The largest absolute Gasteiger partial charge is 0.486 e. The van der Waals surface area contributed by atoms with E-state index in [0.717, 1.165) is 24.5 Å². The Labute approximate surface area is 121 Å². The van der Waals surface area contributed by atoms with E-state index in [0.29, 0.717) is 19.8 Å². The van der Waals surface area contributed by atoms with E-state index >= 15 is 0 Å². The van der Waals surface area contributed by atoms with Crippen molar-refractivity contribution >= 4 is 0 Å². The molecule has 1 heterocycles. The maximum atomic E-state index is 5.76. The zero-order valence-electron chi connectivity index (χ0n) is 12.6. The van der Waals surface area contributed by atoms with Crippen molar-refractivity contribution < 1.29 is 14.2 Å². The smallest absolute Gasteiger partial charge is 0.161 e. The highest BCUT2D eigenvalue weighted by Gasteiger charge is 2.17. The predicted octanol–water partition coefficient (Wildman–Crippen LogP) is 2.92. The topological polar surface area (TPSA) is 39.7 Å². The quantitative estimate of drug-likeness (QED) is 0.833. The summed E-state index contributed by atoms with van der Waals surface area (Å²) in [6.07, 6.45) is 1.33. The van der Waals surface area contributed by atoms with Gasteiger partial charge in [0.25, 0.3) is 0 Å². The number of nitrogens with one attached hydrogen (secondary N) is 1. The van der Waals surface area contributed by atoms with Crippen molar-refractivity contribution in [3.63, 3.8) is 0 Å². The second-order valence-electron chi connectivity index (χ2n) is 5.29. The lowest BCUT2D eigenvalue weighted by Gasteiger charge is -2.23. The molecular weight excluding hydrogens is 254 g/mol. The first-order chi connectivity index (χ1) is 9.70. The van der Waals surface area contributed by atoms with Crippen molar-refractivity contribution in [1.82, 2.24) is 5.32 Å². The Balaban J connectivity index is 2.10. The standard InChI is InChI=1S/C16H25NO3/c1-4-7-17-14(11-20-12(2)3)13-5-6-15-16(10-13)19-9-8-18-15/h5-6,10,12,14,17H,4,7-9,11H2,1-3H3. The van der Waals surface area contributed by atoms with Crippen molar-refractivity contribution in [3.8, 4) is 11.5 Å². The van der Waals surface area contributed by atoms with Gasteiger partial charge in [-0.15, -0.1) is 0 Å². The average molecular weight is 279 g/mol. The van der Waals surface area contributed by atoms with Gasteiger partial charge in [0, 0.05) is 0 Å². The van der Waals surface area contributed by atoms with E-state index in [4.69, 9.17) is 14.2 Å². The summed E-state index contributed by atoms with van der Waals surface area (Å²) in [5.74, 6) is 1.67. The molecular formula is C16H25NO3. The lowest BCUT2D eigenvalue weighted by atomic mass is 10.1. The van der Waals surface area contributed by atoms with E-state index in [9.17, 15) is 0 Å². The van der Waals surface area contributed by atoms with Crippen LogP contribution in [0.25, 0.3) is 0 Å². The van der Waals surface area contributed by atoms with Crippen LogP contribution in [0.15, 0.2) is 18.2 Å². The van der Waals surface area contributed by atoms with Crippen LogP contribution in [0.4, 0.5) is 0 Å². The summed E-state index contributed by atoms with van der Waals surface area (Å²) in [7, 11) is 0. The second kappa shape index (κ2) is 7.50. The Morgan fingerprint density at radius 3 is 2.65 bits per heavy atom. The van der Waals surface area contributed by atoms with Gasteiger partial charge in [-0.1, -0.05) is 13.0 Å². The van der Waals surface area contributed by atoms with Gasteiger partial charge in [0.15, 0.2) is 11.5 Å². The van der Waals surface area contributed by atoms with E-state index in [1.807, 2.05) is 6.07 Å². The summed E-state index contributed by atoms with van der Waals surface area (Å²) in [4.78, 5) is 0. The zero-order chi connectivity index (χ0) is 14.4. The van der Waals surface area contributed by atoms with Gasteiger partial charge >= 0.3 is 0 Å². The summed E-state index contributed by atoms with van der Waals surface area (Å²) in [5, 5.41) is 3.53. The van der Waals surface area contributed by atoms with Gasteiger partial charge < -0.3 is 19.5 Å². The molecule has 0 aliphatic carbocycles. The molecule has 0 aromatic heterocycles. The number of fused-ring (bicyclic) bond motifs is 1. The molecule has 2 rings (SSSR count). The van der Waals surface area contributed by atoms with Crippen LogP contribution < -0.4 is 14.8 Å². The lowest BCUT2D eigenvalue weighted by Crippen LogP contribution is -2.27. The summed E-state index contributed by atoms with van der Waals surface area (Å²) in [6.45, 7) is 9.16. The molecule has 0 radical (unpaired) electrons. The molecule has 4 heteroatoms. The third-order valence-corrected chi connectivity index (χ3v) is 3.21. The van der Waals surface area contributed by atoms with E-state index < -0.39 is 0 Å². The van der Waals surface area contributed by atoms with Crippen molar-refractivity contribution in [1.29, 1.82) is 0 Å². The molecule has 1 aliphatic heterocycles. The molecule has 0 amide bonds. The maximum absolute atomic E-state index is 5.76. The van der Waals surface area contributed by atoms with E-state index in [2.05, 4.69) is 38.2 Å². The van der Waals surface area contributed by atoms with Crippen molar-refractivity contribution in [2.45, 2.75) is 39.3 Å². The number of ether oxygens (including phenoxy) is 3. The van der Waals surface area contributed by atoms with Crippen molar-refractivity contribution in [2.24, 2.45) is 0 Å². The monoisotopic (exact) mass is 279 g/mol. The van der Waals surface area contributed by atoms with Crippen LogP contribution in [0.5, 0.6) is 11.5 Å². The molecule has 1 unspecified atom stereocenters. The molecule has 0 saturated carbocycles. The summed E-state index contributed by atoms with van der Waals surface area (Å²) < 4.78 is 17.0. The average Bonchev–Trinajstić information content (AvgIpc) is 2.46. The molecule has 0 bridgehead atoms. The summed E-state index contributed by atoms with van der Waals surface area (Å²) in [6, 6.07) is 6.32. The van der Waals surface area contributed by atoms with Gasteiger partial charge in [-0.25, -0.2) is 0 Å². The van der Waals surface area contributed by atoms with Gasteiger partial charge in [0.2, 0.25) is 0 Å². The van der Waals surface area contributed by atoms with Crippen LogP contribution in [-0.2, 0) is 4.74 Å². The Kier molecular flexibility index (Phi) is 5.68. The molecule has 4 nitrogen and oxygen atoms in total. The predicted molar refractivity (Wildman–Crippen MR) is 79.6 cm³/mol. The van der Waals surface area contributed by atoms with Gasteiger partial charge in [0.1, 0.15) is 13.2 Å². The minimum atomic E-state index is 0.188. The number of hydrogen-bond donors (Lipinski definition) is 1. The molecule has 20 heavy (non-hydrogen) atoms. The van der Waals surface area contributed by atoms with E-state index in [-0.39, 0.29) is 12.1 Å². The third kappa shape index (κ3) is 4.12. The van der Waals surface area contributed by atoms with Crippen LogP contribution >= 0.6 is 0 Å². The van der Waals surface area contributed by atoms with Crippen LogP contribution in [0.2, 0.25) is 0 Å². The van der Waals surface area contributed by atoms with Gasteiger partial charge in [-0.05, 0) is 44.5 Å². The summed E-state index contributed by atoms with van der Waals surface area (Å²) >= 11 is 0. The van der Waals surface area contributed by atoms with E-state index in [1.165, 1.54) is 5.56 Å². The van der Waals surface area contributed by atoms with Gasteiger partial charge in [0.05, 0.1) is 18.8 Å². The summed E-state index contributed by atoms with van der Waals surface area (Å²) in [5.41, 5.74) is 1.18. The molecule has 112 valence electrons. The van der Waals surface area contributed by atoms with Crippen molar-refractivity contribution in [3.05, 3.63) is 23.8 Å². The highest BCUT2D eigenvalue weighted by Crippen LogP contribution is 2.32. The van der Waals surface area contributed by atoms with Crippen LogP contribution in [-0.4, -0.2) is 32.5 Å². The molecule has 0 spiro atoms. The molecule has 1 aromatic carbocycles. The minimum absolute atomic E-state index is 0.188. The highest BCUT2D eigenvalue weighted by molar-refractivity contribution is 5.44. The first-order valence-corrected chi connectivity index (χ1v) is 7.45. The Morgan fingerprint density at radius 1 is 1.20 bits per heavy atom. The Hall–Kier alpha value is -1.26. The molecule has 0 saturated heterocycles. The zero-order valence-corrected chi connectivity index (χ0v) is 12.6. The molecule has 1 N–H and O–H groups in total. The van der Waals surface area contributed by atoms with Crippen LogP contribution in [0.1, 0.15) is 38.8 Å². The van der Waals surface area contributed by atoms with Crippen molar-refractivity contribution in [2.75, 3.05) is 26.4 Å². The normalized spacial score (nSPS) is 15.4. The first-order valence-electron chi connectivity index (χ1n) is 7.45. The SMILES string of the molecule is CCCNC(COC(C)C)c1ccc2c(c1)OCCO2. The number of hydrogen-bond acceptors (Lipinski definition) is 4. The number of rotatable bonds is 7. The van der Waals surface area contributed by atoms with E-state index in [1.54, 1.807) is 0 Å². The van der Waals surface area contributed by atoms with Crippen LogP contribution in [0, 0.1) is 0 Å². The Bertz CT molecular complexity index is 420. The minimum Gasteiger partial charge on any atom is -0.486 e. The fourth-order valence-corrected chi connectivity index (χ4v) is 2.16.